The van der Waals surface area contributed by atoms with E-state index in [0.29, 0.717) is 13.0 Å². The van der Waals surface area contributed by atoms with Gasteiger partial charge in [-0.25, -0.2) is 8.42 Å². The number of hydrogen-bond acceptors (Lipinski definition) is 5. The fourth-order valence-corrected chi connectivity index (χ4v) is 3.67. The number of amides is 1. The second-order valence-electron chi connectivity index (χ2n) is 4.59. The average molecular weight is 283 g/mol. The summed E-state index contributed by atoms with van der Waals surface area (Å²) in [5.74, 6) is 0.0381. The van der Waals surface area contributed by atoms with Gasteiger partial charge in [0.1, 0.15) is 0 Å². The van der Waals surface area contributed by atoms with Gasteiger partial charge in [0.05, 0.1) is 23.7 Å². The predicted molar refractivity (Wildman–Crippen MR) is 71.1 cm³/mol. The molecule has 7 heteroatoms. The van der Waals surface area contributed by atoms with E-state index in [1.54, 1.807) is 6.20 Å². The van der Waals surface area contributed by atoms with Gasteiger partial charge in [0.15, 0.2) is 9.84 Å². The van der Waals surface area contributed by atoms with Crippen LogP contribution in [0.5, 0.6) is 0 Å². The number of carbonyl (C=O) groups is 1. The Labute approximate surface area is 112 Å². The van der Waals surface area contributed by atoms with Crippen LogP contribution in [0.25, 0.3) is 0 Å². The fourth-order valence-electron chi connectivity index (χ4n) is 1.99. The molecule has 6 nitrogen and oxygen atoms in total. The maximum absolute atomic E-state index is 11.6. The second-order valence-corrected chi connectivity index (χ2v) is 6.82. The number of pyridine rings is 1. The van der Waals surface area contributed by atoms with Crippen LogP contribution in [0.1, 0.15) is 12.1 Å². The van der Waals surface area contributed by atoms with Crippen molar-refractivity contribution >= 4 is 15.7 Å². The van der Waals surface area contributed by atoms with Gasteiger partial charge in [-0.15, -0.1) is 0 Å². The van der Waals surface area contributed by atoms with Gasteiger partial charge in [-0.1, -0.05) is 6.07 Å². The van der Waals surface area contributed by atoms with Crippen molar-refractivity contribution in [3.05, 3.63) is 30.1 Å². The molecule has 1 unspecified atom stereocenters. The van der Waals surface area contributed by atoms with Crippen LogP contribution in [0.2, 0.25) is 0 Å². The number of aromatic nitrogens is 1. The molecule has 104 valence electrons. The molecule has 19 heavy (non-hydrogen) atoms. The molecule has 0 aromatic carbocycles. The van der Waals surface area contributed by atoms with E-state index < -0.39 is 9.84 Å². The molecule has 0 aliphatic carbocycles. The van der Waals surface area contributed by atoms with E-state index in [9.17, 15) is 13.2 Å². The van der Waals surface area contributed by atoms with Gasteiger partial charge in [0.2, 0.25) is 5.91 Å². The second kappa shape index (κ2) is 6.12. The Morgan fingerprint density at radius 2 is 2.26 bits per heavy atom. The summed E-state index contributed by atoms with van der Waals surface area (Å²) in [6.07, 6.45) is 2.20. The number of sulfone groups is 1. The summed E-state index contributed by atoms with van der Waals surface area (Å²) in [7, 11) is -2.95. The molecule has 2 N–H and O–H groups in total. The number of nitrogens with one attached hydrogen (secondary N) is 2. The lowest BCUT2D eigenvalue weighted by atomic mass is 10.2. The summed E-state index contributed by atoms with van der Waals surface area (Å²) >= 11 is 0. The van der Waals surface area contributed by atoms with Gasteiger partial charge in [-0.05, 0) is 18.6 Å². The average Bonchev–Trinajstić information content (AvgIpc) is 2.70. The third-order valence-electron chi connectivity index (χ3n) is 2.92. The first-order chi connectivity index (χ1) is 9.05. The van der Waals surface area contributed by atoms with Crippen LogP contribution in [0, 0.1) is 0 Å². The van der Waals surface area contributed by atoms with Crippen molar-refractivity contribution in [1.82, 2.24) is 15.6 Å². The zero-order valence-electron chi connectivity index (χ0n) is 10.5. The third kappa shape index (κ3) is 4.60. The molecular weight excluding hydrogens is 266 g/mol. The molecule has 1 amide bonds. The lowest BCUT2D eigenvalue weighted by Crippen LogP contribution is -2.40. The van der Waals surface area contributed by atoms with E-state index in [1.807, 2.05) is 18.2 Å². The van der Waals surface area contributed by atoms with Crippen LogP contribution in [0.15, 0.2) is 24.4 Å². The van der Waals surface area contributed by atoms with Gasteiger partial charge >= 0.3 is 0 Å². The molecule has 2 rings (SSSR count). The van der Waals surface area contributed by atoms with Crippen LogP contribution >= 0.6 is 0 Å². The van der Waals surface area contributed by atoms with Gasteiger partial charge in [0.25, 0.3) is 0 Å². The Morgan fingerprint density at radius 3 is 2.89 bits per heavy atom. The largest absolute Gasteiger partial charge is 0.351 e. The summed E-state index contributed by atoms with van der Waals surface area (Å²) in [5.41, 5.74) is 0.860. The molecule has 2 heterocycles. The monoisotopic (exact) mass is 283 g/mol. The molecule has 1 aliphatic rings. The summed E-state index contributed by atoms with van der Waals surface area (Å²) in [5, 5.41) is 5.69. The number of rotatable bonds is 5. The normalized spacial score (nSPS) is 21.2. The summed E-state index contributed by atoms with van der Waals surface area (Å²) in [4.78, 5) is 15.7. The van der Waals surface area contributed by atoms with Crippen molar-refractivity contribution in [2.45, 2.75) is 19.0 Å². The molecule has 1 saturated heterocycles. The summed E-state index contributed by atoms with van der Waals surface area (Å²) < 4.78 is 22.5. The first kappa shape index (κ1) is 14.0. The Balaban J connectivity index is 1.68. The highest BCUT2D eigenvalue weighted by Crippen LogP contribution is 2.10. The maximum Gasteiger partial charge on any atom is 0.234 e. The Bertz CT molecular complexity index is 530. The summed E-state index contributed by atoms with van der Waals surface area (Å²) in [6, 6.07) is 5.34. The zero-order valence-corrected chi connectivity index (χ0v) is 11.3. The van der Waals surface area contributed by atoms with Gasteiger partial charge in [0, 0.05) is 18.8 Å². The third-order valence-corrected chi connectivity index (χ3v) is 4.68. The molecule has 0 spiro atoms. The van der Waals surface area contributed by atoms with Crippen LogP contribution in [0.3, 0.4) is 0 Å². The Hall–Kier alpha value is -1.47. The van der Waals surface area contributed by atoms with Crippen molar-refractivity contribution in [3.8, 4) is 0 Å². The van der Waals surface area contributed by atoms with E-state index >= 15 is 0 Å². The van der Waals surface area contributed by atoms with Gasteiger partial charge in [-0.3, -0.25) is 9.78 Å². The minimum absolute atomic E-state index is 0.0545. The molecular formula is C12H17N3O3S. The molecule has 0 bridgehead atoms. The lowest BCUT2D eigenvalue weighted by molar-refractivity contribution is -0.120. The van der Waals surface area contributed by atoms with E-state index in [4.69, 9.17) is 0 Å². The SMILES string of the molecule is O=C(CNCc1ccccn1)NC1CCS(=O)(=O)C1. The van der Waals surface area contributed by atoms with Crippen molar-refractivity contribution < 1.29 is 13.2 Å². The van der Waals surface area contributed by atoms with Crippen molar-refractivity contribution in [3.63, 3.8) is 0 Å². The van der Waals surface area contributed by atoms with Gasteiger partial charge in [-0.2, -0.15) is 0 Å². The van der Waals surface area contributed by atoms with Crippen LogP contribution in [-0.4, -0.2) is 43.4 Å². The highest BCUT2D eigenvalue weighted by atomic mass is 32.2. The first-order valence-corrected chi connectivity index (χ1v) is 7.98. The molecule has 1 aromatic heterocycles. The molecule has 1 fully saturated rings. The van der Waals surface area contributed by atoms with Gasteiger partial charge < -0.3 is 10.6 Å². The smallest absolute Gasteiger partial charge is 0.234 e. The van der Waals surface area contributed by atoms with E-state index in [-0.39, 0.29) is 30.0 Å². The molecule has 1 aliphatic heterocycles. The van der Waals surface area contributed by atoms with Crippen LogP contribution in [0.4, 0.5) is 0 Å². The topological polar surface area (TPSA) is 88.2 Å². The molecule has 1 aromatic rings. The highest BCUT2D eigenvalue weighted by molar-refractivity contribution is 7.91. The summed E-state index contributed by atoms with van der Waals surface area (Å²) in [6.45, 7) is 0.671. The minimum atomic E-state index is -2.95. The van der Waals surface area contributed by atoms with Crippen molar-refractivity contribution in [2.24, 2.45) is 0 Å². The lowest BCUT2D eigenvalue weighted by Gasteiger charge is -2.11. The van der Waals surface area contributed by atoms with Crippen molar-refractivity contribution in [2.75, 3.05) is 18.1 Å². The number of carbonyl (C=O) groups excluding carboxylic acids is 1. The zero-order chi connectivity index (χ0) is 13.7. The molecule has 0 radical (unpaired) electrons. The predicted octanol–water partition coefficient (Wildman–Crippen LogP) is -0.525. The van der Waals surface area contributed by atoms with Crippen LogP contribution < -0.4 is 10.6 Å². The van der Waals surface area contributed by atoms with Crippen molar-refractivity contribution in [1.29, 1.82) is 0 Å². The first-order valence-electron chi connectivity index (χ1n) is 6.15. The van der Waals surface area contributed by atoms with Crippen LogP contribution in [-0.2, 0) is 21.2 Å². The van der Waals surface area contributed by atoms with E-state index in [0.717, 1.165) is 5.69 Å². The highest BCUT2D eigenvalue weighted by Gasteiger charge is 2.28. The van der Waals surface area contributed by atoms with E-state index in [1.165, 1.54) is 0 Å². The standard InChI is InChI=1S/C12H17N3O3S/c16-12(15-11-4-6-19(17,18)9-11)8-13-7-10-3-1-2-5-14-10/h1-3,5,11,13H,4,6-9H2,(H,15,16). The number of hydrogen-bond donors (Lipinski definition) is 2. The quantitative estimate of drug-likeness (QED) is 0.759. The molecule has 0 saturated carbocycles. The maximum atomic E-state index is 11.6. The number of nitrogens with zero attached hydrogens (tertiary/aromatic N) is 1. The Kier molecular flexibility index (Phi) is 4.49. The fraction of sp³-hybridized carbons (Fsp3) is 0.500. The van der Waals surface area contributed by atoms with E-state index in [2.05, 4.69) is 15.6 Å². The minimum Gasteiger partial charge on any atom is -0.351 e. The Morgan fingerprint density at radius 1 is 1.42 bits per heavy atom. The molecule has 1 atom stereocenters.